The van der Waals surface area contributed by atoms with E-state index in [0.717, 1.165) is 32.1 Å². The standard InChI is InChI=1S/C22H42NO8P/c1-6-8-9-10-11-12-13-14-15-22(25)31-20(18-28-21(24)7-2)19-30-32(26,27)29-17-16-23(3,4)5/h6,8,20H,7,9-19H2,1-5H3/p+1/b8-6-/t20-/m0/s1. The molecule has 0 aliphatic carbocycles. The molecule has 188 valence electrons. The number of phosphoric acid groups is 1. The monoisotopic (exact) mass is 480 g/mol. The highest BCUT2D eigenvalue weighted by Gasteiger charge is 2.26. The molecule has 0 bridgehead atoms. The first-order chi connectivity index (χ1) is 15.0. The molecule has 32 heavy (non-hydrogen) atoms. The molecule has 0 spiro atoms. The minimum atomic E-state index is -4.32. The molecule has 0 saturated carbocycles. The van der Waals surface area contributed by atoms with Crippen LogP contribution in [0, 0.1) is 0 Å². The quantitative estimate of drug-likeness (QED) is 0.0972. The topological polar surface area (TPSA) is 108 Å². The molecule has 0 aromatic heterocycles. The normalized spacial score (nSPS) is 14.8. The van der Waals surface area contributed by atoms with Crippen LogP contribution in [0.2, 0.25) is 0 Å². The summed E-state index contributed by atoms with van der Waals surface area (Å²) in [5.74, 6) is -0.922. The molecular formula is C22H43NO8P+. The van der Waals surface area contributed by atoms with Crippen LogP contribution in [0.1, 0.15) is 65.2 Å². The molecule has 0 radical (unpaired) electrons. The Labute approximate surface area is 193 Å². The Hall–Kier alpha value is -1.25. The van der Waals surface area contributed by atoms with E-state index in [9.17, 15) is 19.0 Å². The number of esters is 2. The van der Waals surface area contributed by atoms with Crippen molar-refractivity contribution in [3.8, 4) is 0 Å². The Balaban J connectivity index is 4.43. The summed E-state index contributed by atoms with van der Waals surface area (Å²) in [6.45, 7) is 3.53. The van der Waals surface area contributed by atoms with E-state index < -0.39 is 32.5 Å². The van der Waals surface area contributed by atoms with E-state index >= 15 is 0 Å². The number of ether oxygens (including phenoxy) is 2. The molecular weight excluding hydrogens is 437 g/mol. The van der Waals surface area contributed by atoms with Crippen LogP contribution < -0.4 is 0 Å². The fraction of sp³-hybridized carbons (Fsp3) is 0.818. The molecule has 0 aromatic rings. The average Bonchev–Trinajstić information content (AvgIpc) is 2.70. The van der Waals surface area contributed by atoms with Crippen molar-refractivity contribution in [1.82, 2.24) is 0 Å². The summed E-state index contributed by atoms with van der Waals surface area (Å²) in [5.41, 5.74) is 0. The van der Waals surface area contributed by atoms with Gasteiger partial charge in [-0.2, -0.15) is 0 Å². The second-order valence-corrected chi connectivity index (χ2v) is 10.1. The lowest BCUT2D eigenvalue weighted by molar-refractivity contribution is -0.870. The lowest BCUT2D eigenvalue weighted by Crippen LogP contribution is -2.37. The zero-order chi connectivity index (χ0) is 24.5. The number of nitrogens with zero attached hydrogens (tertiary/aromatic N) is 1. The number of hydrogen-bond acceptors (Lipinski definition) is 7. The molecule has 0 rings (SSSR count). The molecule has 0 saturated heterocycles. The third kappa shape index (κ3) is 19.4. The van der Waals surface area contributed by atoms with Gasteiger partial charge in [-0.05, 0) is 26.2 Å². The highest BCUT2D eigenvalue weighted by molar-refractivity contribution is 7.47. The van der Waals surface area contributed by atoms with Crippen LogP contribution in [-0.4, -0.2) is 74.9 Å². The Morgan fingerprint density at radius 2 is 1.66 bits per heavy atom. The number of carbonyl (C=O) groups excluding carboxylic acids is 2. The van der Waals surface area contributed by atoms with Crippen molar-refractivity contribution in [2.24, 2.45) is 0 Å². The molecule has 0 heterocycles. The van der Waals surface area contributed by atoms with Crippen molar-refractivity contribution in [3.63, 3.8) is 0 Å². The fourth-order valence-electron chi connectivity index (χ4n) is 2.52. The van der Waals surface area contributed by atoms with Gasteiger partial charge in [0.1, 0.15) is 19.8 Å². The second kappa shape index (κ2) is 17.3. The highest BCUT2D eigenvalue weighted by Crippen LogP contribution is 2.43. The van der Waals surface area contributed by atoms with Gasteiger partial charge in [-0.15, -0.1) is 0 Å². The van der Waals surface area contributed by atoms with Crippen molar-refractivity contribution >= 4 is 19.8 Å². The van der Waals surface area contributed by atoms with Gasteiger partial charge in [-0.25, -0.2) is 4.57 Å². The van der Waals surface area contributed by atoms with Gasteiger partial charge < -0.3 is 18.9 Å². The molecule has 0 aliphatic rings. The minimum Gasteiger partial charge on any atom is -0.462 e. The van der Waals surface area contributed by atoms with Crippen molar-refractivity contribution in [2.75, 3.05) is 47.5 Å². The third-order valence-electron chi connectivity index (χ3n) is 4.44. The van der Waals surface area contributed by atoms with Gasteiger partial charge in [-0.3, -0.25) is 18.6 Å². The molecule has 0 fully saturated rings. The number of unbranched alkanes of at least 4 members (excludes halogenated alkanes) is 5. The fourth-order valence-corrected chi connectivity index (χ4v) is 3.26. The summed E-state index contributed by atoms with van der Waals surface area (Å²) in [4.78, 5) is 33.4. The van der Waals surface area contributed by atoms with Gasteiger partial charge in [0, 0.05) is 12.8 Å². The number of quaternary nitrogens is 1. The van der Waals surface area contributed by atoms with Crippen LogP contribution >= 0.6 is 7.82 Å². The molecule has 1 unspecified atom stereocenters. The summed E-state index contributed by atoms with van der Waals surface area (Å²) in [6.07, 6.45) is 9.58. The highest BCUT2D eigenvalue weighted by atomic mass is 31.2. The zero-order valence-corrected chi connectivity index (χ0v) is 21.3. The lowest BCUT2D eigenvalue weighted by Gasteiger charge is -2.24. The minimum absolute atomic E-state index is 0.0291. The van der Waals surface area contributed by atoms with Crippen LogP contribution in [0.3, 0.4) is 0 Å². The summed E-state index contributed by atoms with van der Waals surface area (Å²) < 4.78 is 32.9. The van der Waals surface area contributed by atoms with E-state index in [1.54, 1.807) is 6.92 Å². The van der Waals surface area contributed by atoms with E-state index in [4.69, 9.17) is 18.5 Å². The van der Waals surface area contributed by atoms with Gasteiger partial charge >= 0.3 is 19.8 Å². The first-order valence-electron chi connectivity index (χ1n) is 11.4. The largest absolute Gasteiger partial charge is 0.472 e. The van der Waals surface area contributed by atoms with Crippen LogP contribution in [-0.2, 0) is 32.7 Å². The summed E-state index contributed by atoms with van der Waals surface area (Å²) in [7, 11) is 1.45. The van der Waals surface area contributed by atoms with Gasteiger partial charge in [0.25, 0.3) is 0 Å². The Kier molecular flexibility index (Phi) is 16.6. The smallest absolute Gasteiger partial charge is 0.462 e. The SMILES string of the molecule is C/C=C\CCCCCCCC(=O)O[C@@H](COC(=O)CC)COP(=O)(O)OCC[N+](C)(C)C. The van der Waals surface area contributed by atoms with Crippen LogP contribution in [0.4, 0.5) is 0 Å². The maximum Gasteiger partial charge on any atom is 0.472 e. The number of likely N-dealkylation sites (N-methyl/N-ethyl adjacent to an activating group) is 1. The Bertz CT molecular complexity index is 603. The first-order valence-corrected chi connectivity index (χ1v) is 12.9. The molecule has 0 amide bonds. The predicted molar refractivity (Wildman–Crippen MR) is 123 cm³/mol. The third-order valence-corrected chi connectivity index (χ3v) is 5.43. The predicted octanol–water partition coefficient (Wildman–Crippen LogP) is 4.00. The number of hydrogen-bond donors (Lipinski definition) is 1. The van der Waals surface area contributed by atoms with Crippen molar-refractivity contribution < 1.29 is 42.1 Å². The van der Waals surface area contributed by atoms with E-state index in [0.29, 0.717) is 17.4 Å². The van der Waals surface area contributed by atoms with Crippen molar-refractivity contribution in [3.05, 3.63) is 12.2 Å². The van der Waals surface area contributed by atoms with Crippen LogP contribution in [0.25, 0.3) is 0 Å². The van der Waals surface area contributed by atoms with Gasteiger partial charge in [-0.1, -0.05) is 38.3 Å². The molecule has 1 N–H and O–H groups in total. The molecule has 10 heteroatoms. The number of phosphoric ester groups is 1. The average molecular weight is 481 g/mol. The van der Waals surface area contributed by atoms with Crippen LogP contribution in [0.5, 0.6) is 0 Å². The van der Waals surface area contributed by atoms with Gasteiger partial charge in [0.2, 0.25) is 0 Å². The number of allylic oxidation sites excluding steroid dienone is 2. The van der Waals surface area contributed by atoms with E-state index in [1.165, 1.54) is 0 Å². The second-order valence-electron chi connectivity index (χ2n) is 8.64. The lowest BCUT2D eigenvalue weighted by atomic mass is 10.1. The van der Waals surface area contributed by atoms with E-state index in [-0.39, 0.29) is 26.1 Å². The molecule has 9 nitrogen and oxygen atoms in total. The maximum absolute atomic E-state index is 12.2. The van der Waals surface area contributed by atoms with E-state index in [1.807, 2.05) is 34.1 Å². The maximum atomic E-state index is 12.2. The molecule has 0 aromatic carbocycles. The van der Waals surface area contributed by atoms with Crippen molar-refractivity contribution in [2.45, 2.75) is 71.3 Å². The summed E-state index contributed by atoms with van der Waals surface area (Å²) >= 11 is 0. The van der Waals surface area contributed by atoms with E-state index in [2.05, 4.69) is 6.08 Å². The number of carbonyl (C=O) groups is 2. The first kappa shape index (κ1) is 30.8. The zero-order valence-electron chi connectivity index (χ0n) is 20.4. The van der Waals surface area contributed by atoms with Gasteiger partial charge in [0.05, 0.1) is 27.7 Å². The van der Waals surface area contributed by atoms with Crippen molar-refractivity contribution in [1.29, 1.82) is 0 Å². The summed E-state index contributed by atoms with van der Waals surface area (Å²) in [5, 5.41) is 0. The van der Waals surface area contributed by atoms with Gasteiger partial charge in [0.15, 0.2) is 6.10 Å². The number of rotatable bonds is 19. The molecule has 0 aliphatic heterocycles. The molecule has 2 atom stereocenters. The Morgan fingerprint density at radius 3 is 2.28 bits per heavy atom. The summed E-state index contributed by atoms with van der Waals surface area (Å²) in [6, 6.07) is 0. The van der Waals surface area contributed by atoms with Crippen LogP contribution in [0.15, 0.2) is 12.2 Å². The Morgan fingerprint density at radius 1 is 1.00 bits per heavy atom.